The molecule has 112 valence electrons. The van der Waals surface area contributed by atoms with Crippen molar-refractivity contribution in [3.05, 3.63) is 71.0 Å². The molecule has 0 aliphatic carbocycles. The second-order valence-electron chi connectivity index (χ2n) is 5.90. The molecule has 0 heterocycles. The smallest absolute Gasteiger partial charge is 0.123 e. The topological polar surface area (TPSA) is 38.0 Å². The van der Waals surface area contributed by atoms with Gasteiger partial charge >= 0.3 is 0 Å². The van der Waals surface area contributed by atoms with Crippen LogP contribution in [0.15, 0.2) is 48.5 Å². The first-order chi connectivity index (χ1) is 10.1. The summed E-state index contributed by atoms with van der Waals surface area (Å²) in [7, 11) is 0. The third kappa shape index (κ3) is 4.66. The molecule has 0 saturated carbocycles. The molecular formula is C18H23FN2. The van der Waals surface area contributed by atoms with Gasteiger partial charge in [-0.05, 0) is 47.6 Å². The SMILES string of the molecule is CC(C)Cc1cccc(C(Cc2cccc(F)c2)NN)c1. The lowest BCUT2D eigenvalue weighted by Gasteiger charge is -2.18. The molecule has 0 spiro atoms. The zero-order valence-electron chi connectivity index (χ0n) is 12.6. The summed E-state index contributed by atoms with van der Waals surface area (Å²) in [6, 6.07) is 15.1. The fraction of sp³-hybridized carbons (Fsp3) is 0.333. The van der Waals surface area contributed by atoms with E-state index in [4.69, 9.17) is 5.84 Å². The molecule has 0 radical (unpaired) electrons. The first-order valence-corrected chi connectivity index (χ1v) is 7.38. The van der Waals surface area contributed by atoms with Gasteiger partial charge in [-0.15, -0.1) is 0 Å². The maximum absolute atomic E-state index is 13.3. The monoisotopic (exact) mass is 286 g/mol. The highest BCUT2D eigenvalue weighted by Gasteiger charge is 2.12. The second kappa shape index (κ2) is 7.34. The highest BCUT2D eigenvalue weighted by Crippen LogP contribution is 2.20. The Morgan fingerprint density at radius 2 is 1.67 bits per heavy atom. The lowest BCUT2D eigenvalue weighted by Crippen LogP contribution is -2.29. The average Bonchev–Trinajstić information content (AvgIpc) is 2.44. The Morgan fingerprint density at radius 3 is 2.29 bits per heavy atom. The second-order valence-corrected chi connectivity index (χ2v) is 5.90. The van der Waals surface area contributed by atoms with Crippen molar-refractivity contribution >= 4 is 0 Å². The van der Waals surface area contributed by atoms with Crippen LogP contribution in [0.25, 0.3) is 0 Å². The van der Waals surface area contributed by atoms with Gasteiger partial charge in [-0.3, -0.25) is 11.3 Å². The average molecular weight is 286 g/mol. The van der Waals surface area contributed by atoms with Crippen molar-refractivity contribution < 1.29 is 4.39 Å². The zero-order chi connectivity index (χ0) is 15.2. The van der Waals surface area contributed by atoms with E-state index in [0.717, 1.165) is 17.5 Å². The molecule has 1 unspecified atom stereocenters. The molecule has 2 rings (SSSR count). The van der Waals surface area contributed by atoms with E-state index in [2.05, 4.69) is 43.5 Å². The summed E-state index contributed by atoms with van der Waals surface area (Å²) >= 11 is 0. The maximum Gasteiger partial charge on any atom is 0.123 e. The van der Waals surface area contributed by atoms with Crippen molar-refractivity contribution in [2.24, 2.45) is 11.8 Å². The third-order valence-corrected chi connectivity index (χ3v) is 3.53. The predicted molar refractivity (Wildman–Crippen MR) is 85.2 cm³/mol. The number of benzene rings is 2. The first kappa shape index (κ1) is 15.7. The number of rotatable bonds is 6. The molecule has 3 N–H and O–H groups in total. The number of nitrogens with one attached hydrogen (secondary N) is 1. The van der Waals surface area contributed by atoms with Crippen LogP contribution < -0.4 is 11.3 Å². The van der Waals surface area contributed by atoms with Crippen molar-refractivity contribution in [1.29, 1.82) is 0 Å². The number of hydrazine groups is 1. The summed E-state index contributed by atoms with van der Waals surface area (Å²) in [4.78, 5) is 0. The maximum atomic E-state index is 13.3. The van der Waals surface area contributed by atoms with Gasteiger partial charge < -0.3 is 0 Å². The molecule has 0 aromatic heterocycles. The number of hydrogen-bond donors (Lipinski definition) is 2. The van der Waals surface area contributed by atoms with Crippen LogP contribution in [0.3, 0.4) is 0 Å². The molecule has 2 aromatic carbocycles. The summed E-state index contributed by atoms with van der Waals surface area (Å²) in [6.45, 7) is 4.41. The van der Waals surface area contributed by atoms with Gasteiger partial charge in [0.1, 0.15) is 5.82 Å². The molecule has 0 saturated heterocycles. The molecule has 0 amide bonds. The van der Waals surface area contributed by atoms with E-state index in [1.165, 1.54) is 11.6 Å². The van der Waals surface area contributed by atoms with E-state index in [0.29, 0.717) is 12.3 Å². The number of nitrogens with two attached hydrogens (primary N) is 1. The van der Waals surface area contributed by atoms with E-state index in [1.807, 2.05) is 6.07 Å². The first-order valence-electron chi connectivity index (χ1n) is 7.38. The van der Waals surface area contributed by atoms with Crippen LogP contribution in [0.4, 0.5) is 4.39 Å². The molecule has 3 heteroatoms. The van der Waals surface area contributed by atoms with Crippen molar-refractivity contribution in [2.45, 2.75) is 32.7 Å². The van der Waals surface area contributed by atoms with Crippen molar-refractivity contribution in [2.75, 3.05) is 0 Å². The Balaban J connectivity index is 2.17. The molecule has 0 aliphatic rings. The quantitative estimate of drug-likeness (QED) is 0.626. The van der Waals surface area contributed by atoms with E-state index < -0.39 is 0 Å². The van der Waals surface area contributed by atoms with Gasteiger partial charge in [0, 0.05) is 6.04 Å². The van der Waals surface area contributed by atoms with E-state index >= 15 is 0 Å². The van der Waals surface area contributed by atoms with Crippen LogP contribution in [0.5, 0.6) is 0 Å². The van der Waals surface area contributed by atoms with Crippen LogP contribution in [0, 0.1) is 11.7 Å². The van der Waals surface area contributed by atoms with Crippen LogP contribution >= 0.6 is 0 Å². The lowest BCUT2D eigenvalue weighted by atomic mass is 9.95. The Morgan fingerprint density at radius 1 is 1.00 bits per heavy atom. The van der Waals surface area contributed by atoms with Gasteiger partial charge in [0.25, 0.3) is 0 Å². The molecular weight excluding hydrogens is 263 g/mol. The molecule has 2 aromatic rings. The minimum Gasteiger partial charge on any atom is -0.271 e. The molecule has 0 fully saturated rings. The molecule has 0 bridgehead atoms. The summed E-state index contributed by atoms with van der Waals surface area (Å²) < 4.78 is 13.3. The molecule has 1 atom stereocenters. The highest BCUT2D eigenvalue weighted by atomic mass is 19.1. The van der Waals surface area contributed by atoms with Crippen LogP contribution in [-0.4, -0.2) is 0 Å². The highest BCUT2D eigenvalue weighted by molar-refractivity contribution is 5.28. The molecule has 2 nitrogen and oxygen atoms in total. The van der Waals surface area contributed by atoms with Gasteiger partial charge in [0.05, 0.1) is 0 Å². The summed E-state index contributed by atoms with van der Waals surface area (Å²) in [5.41, 5.74) is 6.23. The minimum absolute atomic E-state index is 0.0149. The van der Waals surface area contributed by atoms with Crippen LogP contribution in [0.1, 0.15) is 36.6 Å². The van der Waals surface area contributed by atoms with Gasteiger partial charge in [-0.2, -0.15) is 0 Å². The summed E-state index contributed by atoms with van der Waals surface area (Å²) in [5.74, 6) is 6.11. The van der Waals surface area contributed by atoms with Crippen LogP contribution in [0.2, 0.25) is 0 Å². The Hall–Kier alpha value is -1.71. The third-order valence-electron chi connectivity index (χ3n) is 3.53. The largest absolute Gasteiger partial charge is 0.271 e. The minimum atomic E-state index is -0.211. The zero-order valence-corrected chi connectivity index (χ0v) is 12.6. The number of halogens is 1. The summed E-state index contributed by atoms with van der Waals surface area (Å²) in [5, 5.41) is 0. The normalized spacial score (nSPS) is 12.6. The van der Waals surface area contributed by atoms with Gasteiger partial charge in [0.15, 0.2) is 0 Å². The Labute approximate surface area is 126 Å². The molecule has 0 aliphatic heterocycles. The fourth-order valence-electron chi connectivity index (χ4n) is 2.58. The van der Waals surface area contributed by atoms with Crippen LogP contribution in [-0.2, 0) is 12.8 Å². The fourth-order valence-corrected chi connectivity index (χ4v) is 2.58. The predicted octanol–water partition coefficient (Wildman–Crippen LogP) is 3.77. The van der Waals surface area contributed by atoms with Crippen molar-refractivity contribution in [3.8, 4) is 0 Å². The Bertz CT molecular complexity index is 581. The van der Waals surface area contributed by atoms with Gasteiger partial charge in [-0.1, -0.05) is 50.2 Å². The standard InChI is InChI=1S/C18H23FN2/c1-13(2)9-14-5-3-7-16(10-14)18(21-20)12-15-6-4-8-17(19)11-15/h3-8,10-11,13,18,21H,9,12,20H2,1-2H3. The number of hydrogen-bond acceptors (Lipinski definition) is 2. The van der Waals surface area contributed by atoms with E-state index in [1.54, 1.807) is 12.1 Å². The molecule has 21 heavy (non-hydrogen) atoms. The lowest BCUT2D eigenvalue weighted by molar-refractivity contribution is 0.547. The Kier molecular flexibility index (Phi) is 5.48. The van der Waals surface area contributed by atoms with E-state index in [9.17, 15) is 4.39 Å². The summed E-state index contributed by atoms with van der Waals surface area (Å²) in [6.07, 6.45) is 1.71. The van der Waals surface area contributed by atoms with Crippen molar-refractivity contribution in [3.63, 3.8) is 0 Å². The van der Waals surface area contributed by atoms with Crippen molar-refractivity contribution in [1.82, 2.24) is 5.43 Å². The van der Waals surface area contributed by atoms with Gasteiger partial charge in [-0.25, -0.2) is 4.39 Å². The van der Waals surface area contributed by atoms with Gasteiger partial charge in [0.2, 0.25) is 0 Å². The van der Waals surface area contributed by atoms with E-state index in [-0.39, 0.29) is 11.9 Å².